The van der Waals surface area contributed by atoms with E-state index in [1.54, 1.807) is 6.92 Å². The van der Waals surface area contributed by atoms with Crippen molar-refractivity contribution in [3.63, 3.8) is 0 Å². The van der Waals surface area contributed by atoms with Crippen LogP contribution in [0.25, 0.3) is 0 Å². The molecular formula is C12H19FN2O. The second-order valence-corrected chi connectivity index (χ2v) is 4.19. The first-order chi connectivity index (χ1) is 7.65. The molecule has 4 heteroatoms. The lowest BCUT2D eigenvalue weighted by Gasteiger charge is -2.31. The normalized spacial score (nSPS) is 16.8. The Balaban J connectivity index is 2.77. The Morgan fingerprint density at radius 3 is 2.50 bits per heavy atom. The van der Waals surface area contributed by atoms with E-state index in [2.05, 4.69) is 5.32 Å². The van der Waals surface area contributed by atoms with Gasteiger partial charge in [0.1, 0.15) is 6.67 Å². The van der Waals surface area contributed by atoms with E-state index in [0.29, 0.717) is 0 Å². The summed E-state index contributed by atoms with van der Waals surface area (Å²) in [6.07, 6.45) is 0. The van der Waals surface area contributed by atoms with Crippen molar-refractivity contribution in [3.8, 4) is 0 Å². The Morgan fingerprint density at radius 2 is 2.06 bits per heavy atom. The predicted molar refractivity (Wildman–Crippen MR) is 62.8 cm³/mol. The van der Waals surface area contributed by atoms with Gasteiger partial charge in [0, 0.05) is 6.54 Å². The Bertz CT molecular complexity index is 301. The van der Waals surface area contributed by atoms with Crippen LogP contribution < -0.4 is 11.1 Å². The number of rotatable bonds is 6. The van der Waals surface area contributed by atoms with Crippen molar-refractivity contribution in [1.82, 2.24) is 5.32 Å². The van der Waals surface area contributed by atoms with Gasteiger partial charge >= 0.3 is 0 Å². The average Bonchev–Trinajstić information content (AvgIpc) is 2.36. The highest BCUT2D eigenvalue weighted by atomic mass is 19.1. The lowest BCUT2D eigenvalue weighted by molar-refractivity contribution is 0.185. The smallest absolute Gasteiger partial charge is 0.109 e. The van der Waals surface area contributed by atoms with E-state index in [0.717, 1.165) is 5.56 Å². The van der Waals surface area contributed by atoms with Crippen LogP contribution in [-0.4, -0.2) is 30.5 Å². The number of aliphatic hydroxyl groups excluding tert-OH is 1. The van der Waals surface area contributed by atoms with Crippen molar-refractivity contribution in [1.29, 1.82) is 0 Å². The summed E-state index contributed by atoms with van der Waals surface area (Å²) in [4.78, 5) is 0. The Kier molecular flexibility index (Phi) is 4.86. The molecule has 1 aromatic carbocycles. The number of nitrogens with two attached hydrogens (primary N) is 1. The largest absolute Gasteiger partial charge is 0.394 e. The monoisotopic (exact) mass is 226 g/mol. The molecule has 0 bridgehead atoms. The first-order valence-electron chi connectivity index (χ1n) is 5.35. The van der Waals surface area contributed by atoms with Crippen LogP contribution in [0.15, 0.2) is 30.3 Å². The topological polar surface area (TPSA) is 58.3 Å². The van der Waals surface area contributed by atoms with Gasteiger partial charge in [-0.15, -0.1) is 0 Å². The van der Waals surface area contributed by atoms with Crippen LogP contribution in [0.5, 0.6) is 0 Å². The van der Waals surface area contributed by atoms with Crippen LogP contribution in [0, 0.1) is 0 Å². The molecule has 0 amide bonds. The summed E-state index contributed by atoms with van der Waals surface area (Å²) in [6, 6.07) is 9.16. The van der Waals surface area contributed by atoms with E-state index in [9.17, 15) is 9.50 Å². The van der Waals surface area contributed by atoms with Gasteiger partial charge < -0.3 is 10.8 Å². The summed E-state index contributed by atoms with van der Waals surface area (Å²) in [5.41, 5.74) is 5.65. The summed E-state index contributed by atoms with van der Waals surface area (Å²) in [5.74, 6) is 0. The number of halogens is 1. The van der Waals surface area contributed by atoms with Crippen molar-refractivity contribution in [2.24, 2.45) is 5.73 Å². The van der Waals surface area contributed by atoms with Crippen LogP contribution in [0.2, 0.25) is 0 Å². The molecule has 0 unspecified atom stereocenters. The van der Waals surface area contributed by atoms with E-state index >= 15 is 0 Å². The predicted octanol–water partition coefficient (Wildman–Crippen LogP) is 0.996. The zero-order chi connectivity index (χ0) is 12.0. The molecule has 16 heavy (non-hydrogen) atoms. The number of nitrogens with one attached hydrogen (secondary N) is 1. The van der Waals surface area contributed by atoms with Crippen molar-refractivity contribution < 1.29 is 9.50 Å². The fraction of sp³-hybridized carbons (Fsp3) is 0.500. The second-order valence-electron chi connectivity index (χ2n) is 4.19. The molecule has 0 saturated carbocycles. The van der Waals surface area contributed by atoms with Gasteiger partial charge in [-0.1, -0.05) is 30.3 Å². The third-order valence-electron chi connectivity index (χ3n) is 2.65. The lowest BCUT2D eigenvalue weighted by atomic mass is 10.00. The molecule has 2 atom stereocenters. The summed E-state index contributed by atoms with van der Waals surface area (Å²) < 4.78 is 12.8. The molecule has 1 rings (SSSR count). The minimum absolute atomic E-state index is 0.0837. The van der Waals surface area contributed by atoms with Gasteiger partial charge in [0.05, 0.1) is 18.2 Å². The Hall–Kier alpha value is -0.970. The SMILES string of the molecule is C[C@](CN)(CF)N[C@@H](CO)c1ccccc1. The molecule has 90 valence electrons. The van der Waals surface area contributed by atoms with Crippen molar-refractivity contribution in [3.05, 3.63) is 35.9 Å². The van der Waals surface area contributed by atoms with Gasteiger partial charge in [-0.2, -0.15) is 0 Å². The number of aliphatic hydroxyl groups is 1. The molecule has 0 aliphatic carbocycles. The summed E-state index contributed by atoms with van der Waals surface area (Å²) in [7, 11) is 0. The highest BCUT2D eigenvalue weighted by molar-refractivity contribution is 5.19. The zero-order valence-corrected chi connectivity index (χ0v) is 9.49. The molecular weight excluding hydrogens is 207 g/mol. The third kappa shape index (κ3) is 3.27. The van der Waals surface area contributed by atoms with E-state index in [1.807, 2.05) is 30.3 Å². The van der Waals surface area contributed by atoms with Gasteiger partial charge in [-0.3, -0.25) is 5.32 Å². The van der Waals surface area contributed by atoms with Crippen molar-refractivity contribution in [2.45, 2.75) is 18.5 Å². The summed E-state index contributed by atoms with van der Waals surface area (Å²) in [5, 5.41) is 12.4. The Morgan fingerprint density at radius 1 is 1.44 bits per heavy atom. The van der Waals surface area contributed by atoms with E-state index in [-0.39, 0.29) is 19.2 Å². The molecule has 4 N–H and O–H groups in total. The summed E-state index contributed by atoms with van der Waals surface area (Å²) >= 11 is 0. The number of benzene rings is 1. The van der Waals surface area contributed by atoms with Gasteiger partial charge in [0.2, 0.25) is 0 Å². The fourth-order valence-electron chi connectivity index (χ4n) is 1.49. The minimum atomic E-state index is -0.788. The van der Waals surface area contributed by atoms with Gasteiger partial charge in [-0.25, -0.2) is 4.39 Å². The molecule has 3 nitrogen and oxygen atoms in total. The molecule has 0 aliphatic heterocycles. The fourth-order valence-corrected chi connectivity index (χ4v) is 1.49. The maximum atomic E-state index is 12.8. The van der Waals surface area contributed by atoms with Gasteiger partial charge in [0.25, 0.3) is 0 Å². The van der Waals surface area contributed by atoms with E-state index < -0.39 is 12.2 Å². The average molecular weight is 226 g/mol. The molecule has 1 aromatic rings. The maximum absolute atomic E-state index is 12.8. The zero-order valence-electron chi connectivity index (χ0n) is 9.49. The highest BCUT2D eigenvalue weighted by Crippen LogP contribution is 2.16. The van der Waals surface area contributed by atoms with Crippen LogP contribution in [0.3, 0.4) is 0 Å². The molecule has 0 aromatic heterocycles. The maximum Gasteiger partial charge on any atom is 0.109 e. The third-order valence-corrected chi connectivity index (χ3v) is 2.65. The second kappa shape index (κ2) is 5.94. The highest BCUT2D eigenvalue weighted by Gasteiger charge is 2.26. The van der Waals surface area contributed by atoms with E-state index in [4.69, 9.17) is 5.73 Å². The number of hydrogen-bond acceptors (Lipinski definition) is 3. The molecule has 0 saturated heterocycles. The molecule has 0 aliphatic rings. The summed E-state index contributed by atoms with van der Waals surface area (Å²) in [6.45, 7) is 1.25. The first-order valence-corrected chi connectivity index (χ1v) is 5.35. The molecule has 0 fully saturated rings. The van der Waals surface area contributed by atoms with Crippen LogP contribution in [-0.2, 0) is 0 Å². The lowest BCUT2D eigenvalue weighted by Crippen LogP contribution is -2.52. The molecule has 0 spiro atoms. The van der Waals surface area contributed by atoms with Gasteiger partial charge in [-0.05, 0) is 12.5 Å². The number of hydrogen-bond donors (Lipinski definition) is 3. The van der Waals surface area contributed by atoms with Crippen molar-refractivity contribution in [2.75, 3.05) is 19.8 Å². The molecule has 0 radical (unpaired) electrons. The molecule has 0 heterocycles. The quantitative estimate of drug-likeness (QED) is 0.678. The standard InChI is InChI=1S/C12H19FN2O/c1-12(8-13,9-14)15-11(7-16)10-5-3-2-4-6-10/h2-6,11,15-16H,7-9,14H2,1H3/t11-,12+/m0/s1. The van der Waals surface area contributed by atoms with Crippen molar-refractivity contribution >= 4 is 0 Å². The first kappa shape index (κ1) is 13.1. The van der Waals surface area contributed by atoms with Crippen LogP contribution in [0.1, 0.15) is 18.5 Å². The van der Waals surface area contributed by atoms with E-state index in [1.165, 1.54) is 0 Å². The van der Waals surface area contributed by atoms with Crippen LogP contribution in [0.4, 0.5) is 4.39 Å². The van der Waals surface area contributed by atoms with Gasteiger partial charge in [0.15, 0.2) is 0 Å². The van der Waals surface area contributed by atoms with Crippen LogP contribution >= 0.6 is 0 Å². The minimum Gasteiger partial charge on any atom is -0.394 e. The number of alkyl halides is 1. The Labute approximate surface area is 95.5 Å².